The van der Waals surface area contributed by atoms with Crippen molar-refractivity contribution in [3.05, 3.63) is 47.5 Å². The van der Waals surface area contributed by atoms with Crippen molar-refractivity contribution >= 4 is 33.6 Å². The Labute approximate surface area is 311 Å². The number of benzene rings is 2. The lowest BCUT2D eigenvalue weighted by Gasteiger charge is -2.40. The predicted molar refractivity (Wildman–Crippen MR) is 196 cm³/mol. The standard InChI is InChI=1S/C40H41F2N7O5/c1-2-26-28(41)9-7-23-5-3-6-27(31(23)26)34-33(42)35-32-36(48-19-24-8-10-29(43-24)30(48)21-52-37(32)44-34)46-38(45-35)54-22-40-12-4-14-49(40)25(11-13-40)20-53-39(50)47-15-17-51-18-16-47/h1,3,5-7,9,24-25,29-30,43H,4,8,10-22H2/t24-,25?,29+,30+,40?/m0/s1. The molecule has 5 fully saturated rings. The zero-order valence-electron chi connectivity index (χ0n) is 29.9. The van der Waals surface area contributed by atoms with Gasteiger partial charge in [0.2, 0.25) is 5.88 Å². The highest BCUT2D eigenvalue weighted by atomic mass is 19.1. The van der Waals surface area contributed by atoms with E-state index in [0.717, 1.165) is 45.1 Å². The third-order valence-electron chi connectivity index (χ3n) is 12.5. The maximum absolute atomic E-state index is 17.2. The van der Waals surface area contributed by atoms with Crippen molar-refractivity contribution in [3.63, 3.8) is 0 Å². The summed E-state index contributed by atoms with van der Waals surface area (Å²) in [6.45, 7) is 4.59. The number of carbonyl (C=O) groups excluding carboxylic acids is 1. The predicted octanol–water partition coefficient (Wildman–Crippen LogP) is 4.65. The normalized spacial score (nSPS) is 27.4. The van der Waals surface area contributed by atoms with Gasteiger partial charge < -0.3 is 34.1 Å². The van der Waals surface area contributed by atoms with Gasteiger partial charge in [-0.05, 0) is 56.5 Å². The van der Waals surface area contributed by atoms with Gasteiger partial charge in [0.15, 0.2) is 5.82 Å². The van der Waals surface area contributed by atoms with Crippen LogP contribution in [0.3, 0.4) is 0 Å². The van der Waals surface area contributed by atoms with Crippen molar-refractivity contribution in [2.75, 3.05) is 64.1 Å². The summed E-state index contributed by atoms with van der Waals surface area (Å²) in [7, 11) is 0. The Hall–Kier alpha value is -4.84. The van der Waals surface area contributed by atoms with Gasteiger partial charge in [0.05, 0.1) is 30.4 Å². The van der Waals surface area contributed by atoms with Crippen LogP contribution in [0.25, 0.3) is 32.9 Å². The molecule has 0 saturated carbocycles. The maximum atomic E-state index is 17.2. The summed E-state index contributed by atoms with van der Waals surface area (Å²) >= 11 is 0. The third-order valence-corrected chi connectivity index (χ3v) is 12.5. The molecule has 0 radical (unpaired) electrons. The number of nitrogens with one attached hydrogen (secondary N) is 1. The Morgan fingerprint density at radius 1 is 1.06 bits per heavy atom. The lowest BCUT2D eigenvalue weighted by molar-refractivity contribution is 0.0138. The van der Waals surface area contributed by atoms with Crippen LogP contribution in [-0.4, -0.2) is 120 Å². The van der Waals surface area contributed by atoms with Crippen LogP contribution in [0, 0.1) is 24.0 Å². The first-order valence-electron chi connectivity index (χ1n) is 19.0. The molecule has 54 heavy (non-hydrogen) atoms. The van der Waals surface area contributed by atoms with E-state index in [1.54, 1.807) is 23.1 Å². The molecule has 280 valence electrons. The number of piperazine rings is 1. The van der Waals surface area contributed by atoms with Gasteiger partial charge in [0.25, 0.3) is 0 Å². The lowest BCUT2D eigenvalue weighted by Crippen LogP contribution is -2.60. The molecule has 6 aliphatic rings. The third kappa shape index (κ3) is 5.42. The number of hydrogen-bond acceptors (Lipinski definition) is 11. The Morgan fingerprint density at radius 3 is 2.81 bits per heavy atom. The van der Waals surface area contributed by atoms with Crippen LogP contribution in [-0.2, 0) is 9.47 Å². The molecule has 2 bridgehead atoms. The highest BCUT2D eigenvalue weighted by molar-refractivity contribution is 6.03. The number of amides is 1. The number of morpholine rings is 1. The van der Waals surface area contributed by atoms with Gasteiger partial charge in [-0.1, -0.05) is 30.2 Å². The van der Waals surface area contributed by atoms with Crippen LogP contribution in [0.15, 0.2) is 30.3 Å². The largest absolute Gasteiger partial charge is 0.475 e. The molecule has 1 amide bonds. The molecule has 2 aromatic carbocycles. The van der Waals surface area contributed by atoms with Crippen molar-refractivity contribution < 1.29 is 32.5 Å². The number of halogens is 2. The smallest absolute Gasteiger partial charge is 0.409 e. The van der Waals surface area contributed by atoms with Crippen molar-refractivity contribution in [1.29, 1.82) is 0 Å². The zero-order chi connectivity index (χ0) is 36.6. The monoisotopic (exact) mass is 737 g/mol. The summed E-state index contributed by atoms with van der Waals surface area (Å²) in [6.07, 6.45) is 11.2. The van der Waals surface area contributed by atoms with Gasteiger partial charge in [0, 0.05) is 48.7 Å². The van der Waals surface area contributed by atoms with Crippen LogP contribution >= 0.6 is 0 Å². The summed E-state index contributed by atoms with van der Waals surface area (Å²) in [5.41, 5.74) is 0.0855. The molecule has 10 rings (SSSR count). The summed E-state index contributed by atoms with van der Waals surface area (Å²) in [5, 5.41) is 5.15. The van der Waals surface area contributed by atoms with Crippen molar-refractivity contribution in [1.82, 2.24) is 30.1 Å². The van der Waals surface area contributed by atoms with E-state index in [1.165, 1.54) is 6.07 Å². The highest BCUT2D eigenvalue weighted by Crippen LogP contribution is 2.46. The minimum Gasteiger partial charge on any atom is -0.475 e. The van der Waals surface area contributed by atoms with Gasteiger partial charge in [0.1, 0.15) is 48.1 Å². The Kier molecular flexibility index (Phi) is 8.23. The molecule has 14 heteroatoms. The van der Waals surface area contributed by atoms with Crippen molar-refractivity contribution in [2.45, 2.75) is 68.2 Å². The Balaban J connectivity index is 1.02. The molecule has 5 atom stereocenters. The summed E-state index contributed by atoms with van der Waals surface area (Å²) in [5.74, 6) is 1.96. The van der Waals surface area contributed by atoms with E-state index in [4.69, 9.17) is 40.3 Å². The molecule has 8 heterocycles. The first-order valence-corrected chi connectivity index (χ1v) is 19.0. The topological polar surface area (TPSA) is 114 Å². The highest BCUT2D eigenvalue weighted by Gasteiger charge is 2.50. The molecular formula is C40H41F2N7O5. The number of pyridine rings is 1. The lowest BCUT2D eigenvalue weighted by atomic mass is 9.95. The van der Waals surface area contributed by atoms with E-state index in [0.29, 0.717) is 80.2 Å². The van der Waals surface area contributed by atoms with Crippen LogP contribution < -0.4 is 19.7 Å². The molecular weight excluding hydrogens is 696 g/mol. The number of fused-ring (bicyclic) bond motifs is 7. The Morgan fingerprint density at radius 2 is 1.94 bits per heavy atom. The molecule has 4 aromatic rings. The van der Waals surface area contributed by atoms with Crippen LogP contribution in [0.5, 0.6) is 11.9 Å². The number of aromatic nitrogens is 3. The van der Waals surface area contributed by atoms with Gasteiger partial charge in [-0.15, -0.1) is 6.42 Å². The zero-order valence-corrected chi connectivity index (χ0v) is 29.9. The van der Waals surface area contributed by atoms with Gasteiger partial charge >= 0.3 is 12.1 Å². The Bertz CT molecular complexity index is 2210. The molecule has 12 nitrogen and oxygen atoms in total. The second-order valence-corrected chi connectivity index (χ2v) is 15.4. The molecule has 0 aliphatic carbocycles. The SMILES string of the molecule is C#Cc1c(F)ccc2cccc(-c3nc4c5c(nc(OCC67CCCN6C(COC(=O)N6CCOCC6)CC7)nc5c3F)N3C[C@@H]5CC[C@@H](N5)[C@H]3CO4)c12. The number of hydrogen-bond donors (Lipinski definition) is 1. The van der Waals surface area contributed by atoms with E-state index in [-0.39, 0.29) is 64.5 Å². The van der Waals surface area contributed by atoms with E-state index in [1.807, 2.05) is 6.07 Å². The number of nitrogens with zero attached hydrogens (tertiary/aromatic N) is 6. The summed E-state index contributed by atoms with van der Waals surface area (Å²) in [6, 6.07) is 8.75. The van der Waals surface area contributed by atoms with Crippen LogP contribution in [0.1, 0.15) is 44.1 Å². The number of carbonyl (C=O) groups is 1. The fraction of sp³-hybridized carbons (Fsp3) is 0.500. The van der Waals surface area contributed by atoms with Gasteiger partial charge in [-0.25, -0.2) is 18.6 Å². The molecule has 1 N–H and O–H groups in total. The molecule has 0 spiro atoms. The number of ether oxygens (including phenoxy) is 4. The first-order chi connectivity index (χ1) is 26.4. The minimum absolute atomic E-state index is 0.0253. The quantitative estimate of drug-likeness (QED) is 0.279. The molecule has 6 aliphatic heterocycles. The fourth-order valence-corrected chi connectivity index (χ4v) is 9.85. The number of terminal acetylenes is 1. The fourth-order valence-electron chi connectivity index (χ4n) is 9.85. The van der Waals surface area contributed by atoms with Crippen LogP contribution in [0.2, 0.25) is 0 Å². The van der Waals surface area contributed by atoms with E-state index in [9.17, 15) is 4.79 Å². The number of rotatable bonds is 6. The van der Waals surface area contributed by atoms with E-state index < -0.39 is 11.6 Å². The minimum atomic E-state index is -0.689. The average molecular weight is 738 g/mol. The average Bonchev–Trinajstić information content (AvgIpc) is 3.87. The van der Waals surface area contributed by atoms with E-state index >= 15 is 8.78 Å². The molecule has 2 aromatic heterocycles. The van der Waals surface area contributed by atoms with Gasteiger partial charge in [-0.2, -0.15) is 9.97 Å². The van der Waals surface area contributed by atoms with Crippen molar-refractivity contribution in [2.24, 2.45) is 0 Å². The molecule has 5 saturated heterocycles. The summed E-state index contributed by atoms with van der Waals surface area (Å²) < 4.78 is 56.4. The van der Waals surface area contributed by atoms with Crippen LogP contribution in [0.4, 0.5) is 19.4 Å². The summed E-state index contributed by atoms with van der Waals surface area (Å²) in [4.78, 5) is 33.6. The van der Waals surface area contributed by atoms with Gasteiger partial charge in [-0.3, -0.25) is 4.90 Å². The van der Waals surface area contributed by atoms with Crippen molar-refractivity contribution in [3.8, 4) is 35.5 Å². The molecule has 2 unspecified atom stereocenters. The second kappa shape index (κ2) is 13.2. The maximum Gasteiger partial charge on any atom is 0.409 e. The second-order valence-electron chi connectivity index (χ2n) is 15.4. The van der Waals surface area contributed by atoms with E-state index in [2.05, 4.69) is 21.0 Å². The first kappa shape index (κ1) is 33.7. The number of anilines is 1.